The van der Waals surface area contributed by atoms with E-state index >= 15 is 0 Å². The third kappa shape index (κ3) is 3.10. The van der Waals surface area contributed by atoms with E-state index in [2.05, 4.69) is 17.3 Å². The molecule has 1 saturated heterocycles. The highest BCUT2D eigenvalue weighted by Crippen LogP contribution is 2.26. The Bertz CT molecular complexity index is 273. The maximum absolute atomic E-state index is 4.29. The zero-order valence-electron chi connectivity index (χ0n) is 9.19. The van der Waals surface area contributed by atoms with Gasteiger partial charge in [0.2, 0.25) is 0 Å². The summed E-state index contributed by atoms with van der Waals surface area (Å²) in [5, 5.41) is 7.67. The molecule has 5 heteroatoms. The molecule has 1 aromatic rings. The highest BCUT2D eigenvalue weighted by Gasteiger charge is 2.19. The fourth-order valence-electron chi connectivity index (χ4n) is 2.24. The molecule has 1 N–H and O–H groups in total. The van der Waals surface area contributed by atoms with Crippen molar-refractivity contribution in [3.05, 3.63) is 17.5 Å². The summed E-state index contributed by atoms with van der Waals surface area (Å²) >= 11 is 0. The molecule has 0 radical (unpaired) electrons. The summed E-state index contributed by atoms with van der Waals surface area (Å²) in [6.45, 7) is 4.45. The Morgan fingerprint density at radius 3 is 2.40 bits per heavy atom. The third-order valence-electron chi connectivity index (χ3n) is 2.90. The van der Waals surface area contributed by atoms with Gasteiger partial charge in [-0.2, -0.15) is 5.10 Å². The van der Waals surface area contributed by atoms with Crippen molar-refractivity contribution < 1.29 is 0 Å². The van der Waals surface area contributed by atoms with Crippen molar-refractivity contribution in [1.82, 2.24) is 15.1 Å². The average molecular weight is 252 g/mol. The molecule has 0 bridgehead atoms. The summed E-state index contributed by atoms with van der Waals surface area (Å²) in [6, 6.07) is 0. The molecule has 0 unspecified atom stereocenters. The molecule has 15 heavy (non-hydrogen) atoms. The molecule has 2 rings (SSSR count). The summed E-state index contributed by atoms with van der Waals surface area (Å²) < 4.78 is 2.03. The minimum absolute atomic E-state index is 0. The van der Waals surface area contributed by atoms with E-state index in [0.717, 1.165) is 13.1 Å². The minimum Gasteiger partial charge on any atom is -0.317 e. The Hall–Kier alpha value is -0.250. The number of nitrogens with zero attached hydrogens (tertiary/aromatic N) is 2. The zero-order chi connectivity index (χ0) is 9.26. The molecule has 88 valence electrons. The molecular formula is C10H19Cl2N3. The topological polar surface area (TPSA) is 29.9 Å². The van der Waals surface area contributed by atoms with Gasteiger partial charge < -0.3 is 5.32 Å². The largest absolute Gasteiger partial charge is 0.317 e. The van der Waals surface area contributed by atoms with Crippen LogP contribution in [-0.2, 0) is 7.05 Å². The maximum Gasteiger partial charge on any atom is 0.0521 e. The molecule has 2 heterocycles. The van der Waals surface area contributed by atoms with Crippen LogP contribution in [0.15, 0.2) is 6.20 Å². The number of rotatable bonds is 1. The fourth-order valence-corrected chi connectivity index (χ4v) is 2.24. The predicted octanol–water partition coefficient (Wildman–Crippen LogP) is 2.04. The van der Waals surface area contributed by atoms with Gasteiger partial charge in [-0.15, -0.1) is 24.8 Å². The molecule has 1 aliphatic rings. The van der Waals surface area contributed by atoms with E-state index in [4.69, 9.17) is 0 Å². The summed E-state index contributed by atoms with van der Waals surface area (Å²) in [5.74, 6) is 0.716. The van der Waals surface area contributed by atoms with Crippen molar-refractivity contribution in [1.29, 1.82) is 0 Å². The molecule has 1 aliphatic heterocycles. The molecule has 1 fully saturated rings. The summed E-state index contributed by atoms with van der Waals surface area (Å²) in [6.07, 6.45) is 4.47. The van der Waals surface area contributed by atoms with Crippen LogP contribution in [0.5, 0.6) is 0 Å². The van der Waals surface area contributed by atoms with Gasteiger partial charge in [-0.3, -0.25) is 4.68 Å². The van der Waals surface area contributed by atoms with Crippen LogP contribution in [0.3, 0.4) is 0 Å². The average Bonchev–Trinajstić information content (AvgIpc) is 2.48. The van der Waals surface area contributed by atoms with Crippen LogP contribution in [0.25, 0.3) is 0 Å². The molecule has 0 aromatic carbocycles. The normalized spacial score (nSPS) is 16.7. The first kappa shape index (κ1) is 14.8. The first-order chi connectivity index (χ1) is 6.29. The van der Waals surface area contributed by atoms with Gasteiger partial charge in [0.15, 0.2) is 0 Å². The molecule has 0 saturated carbocycles. The number of nitrogens with one attached hydrogen (secondary N) is 1. The summed E-state index contributed by atoms with van der Waals surface area (Å²) in [4.78, 5) is 0. The monoisotopic (exact) mass is 251 g/mol. The van der Waals surface area contributed by atoms with Gasteiger partial charge in [0, 0.05) is 18.7 Å². The van der Waals surface area contributed by atoms with E-state index in [1.54, 1.807) is 0 Å². The summed E-state index contributed by atoms with van der Waals surface area (Å²) in [7, 11) is 2.05. The zero-order valence-corrected chi connectivity index (χ0v) is 10.8. The minimum atomic E-state index is 0. The van der Waals surface area contributed by atoms with Crippen LogP contribution < -0.4 is 5.32 Å². The van der Waals surface area contributed by atoms with Crippen LogP contribution in [-0.4, -0.2) is 22.9 Å². The second kappa shape index (κ2) is 6.36. The first-order valence-electron chi connectivity index (χ1n) is 4.98. The van der Waals surface area contributed by atoms with Gasteiger partial charge >= 0.3 is 0 Å². The number of hydrogen-bond acceptors (Lipinski definition) is 2. The lowest BCUT2D eigenvalue weighted by atomic mass is 9.92. The van der Waals surface area contributed by atoms with Crippen LogP contribution in [0.4, 0.5) is 0 Å². The number of hydrogen-bond donors (Lipinski definition) is 1. The van der Waals surface area contributed by atoms with E-state index in [0.29, 0.717) is 5.92 Å². The fraction of sp³-hybridized carbons (Fsp3) is 0.700. The van der Waals surface area contributed by atoms with Gasteiger partial charge in [-0.05, 0) is 38.4 Å². The van der Waals surface area contributed by atoms with Gasteiger partial charge in [-0.1, -0.05) is 0 Å². The Kier molecular flexibility index (Phi) is 6.25. The van der Waals surface area contributed by atoms with Crippen molar-refractivity contribution in [3.63, 3.8) is 0 Å². The predicted molar refractivity (Wildman–Crippen MR) is 67.3 cm³/mol. The van der Waals surface area contributed by atoms with Gasteiger partial charge in [0.05, 0.1) is 6.20 Å². The molecule has 3 nitrogen and oxygen atoms in total. The lowest BCUT2D eigenvalue weighted by Crippen LogP contribution is -2.27. The first-order valence-corrected chi connectivity index (χ1v) is 4.98. The van der Waals surface area contributed by atoms with Crippen molar-refractivity contribution in [2.45, 2.75) is 25.7 Å². The van der Waals surface area contributed by atoms with Crippen LogP contribution >= 0.6 is 24.8 Å². The number of piperidine rings is 1. The highest BCUT2D eigenvalue weighted by molar-refractivity contribution is 5.85. The van der Waals surface area contributed by atoms with Crippen molar-refractivity contribution in [2.24, 2.45) is 7.05 Å². The standard InChI is InChI=1S/C10H17N3.2ClH/c1-8-7-12-13(2)10(8)9-3-5-11-6-4-9;;/h7,9,11H,3-6H2,1-2H3;2*1H. The van der Waals surface area contributed by atoms with Crippen molar-refractivity contribution in [2.75, 3.05) is 13.1 Å². The van der Waals surface area contributed by atoms with E-state index < -0.39 is 0 Å². The lowest BCUT2D eigenvalue weighted by Gasteiger charge is -2.23. The molecule has 0 aliphatic carbocycles. The number of aryl methyl sites for hydroxylation is 2. The van der Waals surface area contributed by atoms with Crippen molar-refractivity contribution in [3.8, 4) is 0 Å². The Morgan fingerprint density at radius 2 is 1.93 bits per heavy atom. The molecule has 0 amide bonds. The van der Waals surface area contributed by atoms with E-state index in [-0.39, 0.29) is 24.8 Å². The number of halogens is 2. The second-order valence-corrected chi connectivity index (χ2v) is 3.86. The van der Waals surface area contributed by atoms with Gasteiger partial charge in [-0.25, -0.2) is 0 Å². The SMILES string of the molecule is Cc1cnn(C)c1C1CCNCC1.Cl.Cl. The van der Waals surface area contributed by atoms with E-state index in [9.17, 15) is 0 Å². The third-order valence-corrected chi connectivity index (χ3v) is 2.90. The Morgan fingerprint density at radius 1 is 1.33 bits per heavy atom. The second-order valence-electron chi connectivity index (χ2n) is 3.86. The van der Waals surface area contributed by atoms with E-state index in [1.165, 1.54) is 24.1 Å². The highest BCUT2D eigenvalue weighted by atomic mass is 35.5. The van der Waals surface area contributed by atoms with E-state index in [1.807, 2.05) is 17.9 Å². The molecule has 0 atom stereocenters. The quantitative estimate of drug-likeness (QED) is 0.828. The van der Waals surface area contributed by atoms with Crippen LogP contribution in [0.2, 0.25) is 0 Å². The van der Waals surface area contributed by atoms with Crippen molar-refractivity contribution >= 4 is 24.8 Å². The molecule has 1 aromatic heterocycles. The Balaban J connectivity index is 0.000000980. The molecule has 0 spiro atoms. The maximum atomic E-state index is 4.29. The van der Waals surface area contributed by atoms with Gasteiger partial charge in [0.25, 0.3) is 0 Å². The lowest BCUT2D eigenvalue weighted by molar-refractivity contribution is 0.438. The number of aromatic nitrogens is 2. The van der Waals surface area contributed by atoms with Crippen LogP contribution in [0, 0.1) is 6.92 Å². The summed E-state index contributed by atoms with van der Waals surface area (Å²) in [5.41, 5.74) is 2.77. The van der Waals surface area contributed by atoms with Gasteiger partial charge in [0.1, 0.15) is 0 Å². The van der Waals surface area contributed by atoms with Crippen LogP contribution in [0.1, 0.15) is 30.0 Å². The molecular weight excluding hydrogens is 233 g/mol. The Labute approximate surface area is 103 Å². The smallest absolute Gasteiger partial charge is 0.0521 e.